The first kappa shape index (κ1) is 8.49. The molecule has 0 aromatic carbocycles. The number of nitrogens with one attached hydrogen (secondary N) is 1. The molecule has 1 aliphatic rings. The van der Waals surface area contributed by atoms with E-state index in [0.29, 0.717) is 0 Å². The van der Waals surface area contributed by atoms with Crippen molar-refractivity contribution in [3.63, 3.8) is 0 Å². The molecule has 0 bridgehead atoms. The first-order chi connectivity index (χ1) is 5.25. The van der Waals surface area contributed by atoms with Gasteiger partial charge >= 0.3 is 0 Å². The molecule has 0 amide bonds. The zero-order valence-electron chi connectivity index (χ0n) is 7.41. The molecule has 1 unspecified atom stereocenters. The normalized spacial score (nSPS) is 25.8. The molecular weight excluding hydrogens is 140 g/mol. The summed E-state index contributed by atoms with van der Waals surface area (Å²) >= 11 is 0. The molecule has 0 aromatic heterocycles. The topological polar surface area (TPSA) is 30.9 Å². The van der Waals surface area contributed by atoms with Crippen molar-refractivity contribution in [3.05, 3.63) is 0 Å². The van der Waals surface area contributed by atoms with Gasteiger partial charge in [0.25, 0.3) is 0 Å². The highest BCUT2D eigenvalue weighted by molar-refractivity contribution is 5.52. The van der Waals surface area contributed by atoms with Crippen molar-refractivity contribution in [2.75, 3.05) is 27.2 Å². The second-order valence-corrected chi connectivity index (χ2v) is 2.83. The van der Waals surface area contributed by atoms with E-state index in [1.165, 1.54) is 0 Å². The first-order valence-electron chi connectivity index (χ1n) is 3.90. The van der Waals surface area contributed by atoms with Crippen LogP contribution in [0.1, 0.15) is 6.92 Å². The SMILES string of the molecule is C/C=N/N1CCNC1N(C)C. The van der Waals surface area contributed by atoms with Crippen LogP contribution in [0, 0.1) is 0 Å². The second kappa shape index (κ2) is 3.69. The number of hydrogen-bond acceptors (Lipinski definition) is 4. The smallest absolute Gasteiger partial charge is 0.152 e. The Balaban J connectivity index is 2.50. The van der Waals surface area contributed by atoms with Crippen LogP contribution in [0.4, 0.5) is 0 Å². The van der Waals surface area contributed by atoms with E-state index >= 15 is 0 Å². The van der Waals surface area contributed by atoms with E-state index in [9.17, 15) is 0 Å². The van der Waals surface area contributed by atoms with E-state index in [0.717, 1.165) is 13.1 Å². The summed E-state index contributed by atoms with van der Waals surface area (Å²) in [6.45, 7) is 3.94. The van der Waals surface area contributed by atoms with Gasteiger partial charge in [-0.1, -0.05) is 0 Å². The van der Waals surface area contributed by atoms with Crippen molar-refractivity contribution in [2.45, 2.75) is 13.2 Å². The van der Waals surface area contributed by atoms with Crippen molar-refractivity contribution < 1.29 is 0 Å². The van der Waals surface area contributed by atoms with Gasteiger partial charge in [0, 0.05) is 12.8 Å². The lowest BCUT2D eigenvalue weighted by Crippen LogP contribution is -2.44. The van der Waals surface area contributed by atoms with Gasteiger partial charge in [0.05, 0.1) is 6.54 Å². The van der Waals surface area contributed by atoms with Crippen LogP contribution in [0.3, 0.4) is 0 Å². The van der Waals surface area contributed by atoms with Gasteiger partial charge in [-0.15, -0.1) is 0 Å². The fraction of sp³-hybridized carbons (Fsp3) is 0.857. The molecule has 0 radical (unpaired) electrons. The molecule has 64 valence electrons. The molecule has 0 aromatic rings. The van der Waals surface area contributed by atoms with E-state index in [2.05, 4.69) is 15.3 Å². The summed E-state index contributed by atoms with van der Waals surface area (Å²) in [5, 5.41) is 9.60. The lowest BCUT2D eigenvalue weighted by atomic mass is 10.7. The molecule has 1 fully saturated rings. The zero-order chi connectivity index (χ0) is 8.27. The standard InChI is InChI=1S/C7H16N4/c1-4-9-11-6-5-8-7(11)10(2)3/h4,7-8H,5-6H2,1-3H3/b9-4+. The quantitative estimate of drug-likeness (QED) is 0.559. The van der Waals surface area contributed by atoms with Crippen LogP contribution in [0.2, 0.25) is 0 Å². The van der Waals surface area contributed by atoms with E-state index in [-0.39, 0.29) is 6.29 Å². The van der Waals surface area contributed by atoms with E-state index < -0.39 is 0 Å². The lowest BCUT2D eigenvalue weighted by Gasteiger charge is -2.26. The van der Waals surface area contributed by atoms with E-state index in [1.807, 2.05) is 32.2 Å². The molecule has 1 aliphatic heterocycles. The van der Waals surface area contributed by atoms with Crippen molar-refractivity contribution in [1.82, 2.24) is 15.2 Å². The van der Waals surface area contributed by atoms with Crippen molar-refractivity contribution >= 4 is 6.21 Å². The molecule has 4 heteroatoms. The number of hydrogen-bond donors (Lipinski definition) is 1. The van der Waals surface area contributed by atoms with Crippen LogP contribution in [-0.4, -0.2) is 49.6 Å². The summed E-state index contributed by atoms with van der Waals surface area (Å²) < 4.78 is 0. The molecule has 11 heavy (non-hydrogen) atoms. The molecular formula is C7H16N4. The maximum absolute atomic E-state index is 4.23. The van der Waals surface area contributed by atoms with Crippen LogP contribution in [0.5, 0.6) is 0 Å². The Morgan fingerprint density at radius 2 is 2.36 bits per heavy atom. The van der Waals surface area contributed by atoms with Gasteiger partial charge < -0.3 is 0 Å². The fourth-order valence-electron chi connectivity index (χ4n) is 1.25. The molecule has 0 aliphatic carbocycles. The van der Waals surface area contributed by atoms with Crippen molar-refractivity contribution in [3.8, 4) is 0 Å². The summed E-state index contributed by atoms with van der Waals surface area (Å²) in [4.78, 5) is 2.11. The minimum Gasteiger partial charge on any atom is -0.282 e. The maximum atomic E-state index is 4.23. The maximum Gasteiger partial charge on any atom is 0.152 e. The number of nitrogens with zero attached hydrogens (tertiary/aromatic N) is 3. The summed E-state index contributed by atoms with van der Waals surface area (Å²) in [5.41, 5.74) is 0. The lowest BCUT2D eigenvalue weighted by molar-refractivity contribution is 0.109. The van der Waals surface area contributed by atoms with Gasteiger partial charge in [0.2, 0.25) is 0 Å². The molecule has 1 saturated heterocycles. The third kappa shape index (κ3) is 1.91. The van der Waals surface area contributed by atoms with Crippen LogP contribution < -0.4 is 5.32 Å². The van der Waals surface area contributed by atoms with Gasteiger partial charge in [-0.05, 0) is 21.0 Å². The monoisotopic (exact) mass is 156 g/mol. The first-order valence-corrected chi connectivity index (χ1v) is 3.90. The largest absolute Gasteiger partial charge is 0.282 e. The third-order valence-electron chi connectivity index (χ3n) is 1.70. The predicted molar refractivity (Wildman–Crippen MR) is 46.3 cm³/mol. The van der Waals surface area contributed by atoms with Gasteiger partial charge in [-0.3, -0.25) is 15.2 Å². The Morgan fingerprint density at radius 1 is 1.64 bits per heavy atom. The van der Waals surface area contributed by atoms with Gasteiger partial charge in [0.1, 0.15) is 0 Å². The average Bonchev–Trinajstić information content (AvgIpc) is 2.36. The van der Waals surface area contributed by atoms with Gasteiger partial charge in [0.15, 0.2) is 6.29 Å². The molecule has 0 saturated carbocycles. The Labute approximate surface area is 67.9 Å². The minimum absolute atomic E-state index is 0.270. The zero-order valence-corrected chi connectivity index (χ0v) is 7.41. The van der Waals surface area contributed by atoms with E-state index in [1.54, 1.807) is 0 Å². The second-order valence-electron chi connectivity index (χ2n) is 2.83. The summed E-state index contributed by atoms with van der Waals surface area (Å²) in [6, 6.07) is 0. The van der Waals surface area contributed by atoms with Crippen LogP contribution >= 0.6 is 0 Å². The van der Waals surface area contributed by atoms with Gasteiger partial charge in [-0.25, -0.2) is 0 Å². The summed E-state index contributed by atoms with van der Waals surface area (Å²) in [6.07, 6.45) is 2.09. The van der Waals surface area contributed by atoms with Gasteiger partial charge in [-0.2, -0.15) is 5.10 Å². The highest BCUT2D eigenvalue weighted by Crippen LogP contribution is 2.04. The molecule has 1 N–H and O–H groups in total. The fourth-order valence-corrected chi connectivity index (χ4v) is 1.25. The molecule has 0 spiro atoms. The Kier molecular flexibility index (Phi) is 2.84. The molecule has 1 rings (SSSR count). The number of hydrazone groups is 1. The summed E-state index contributed by atoms with van der Waals surface area (Å²) in [7, 11) is 4.09. The Bertz CT molecular complexity index is 143. The average molecular weight is 156 g/mol. The Hall–Kier alpha value is -0.610. The molecule has 1 heterocycles. The number of rotatable bonds is 2. The van der Waals surface area contributed by atoms with Crippen LogP contribution in [0.15, 0.2) is 5.10 Å². The highest BCUT2D eigenvalue weighted by Gasteiger charge is 2.23. The van der Waals surface area contributed by atoms with Crippen molar-refractivity contribution in [1.29, 1.82) is 0 Å². The third-order valence-corrected chi connectivity index (χ3v) is 1.70. The molecule has 1 atom stereocenters. The minimum atomic E-state index is 0.270. The summed E-state index contributed by atoms with van der Waals surface area (Å²) in [5.74, 6) is 0. The van der Waals surface area contributed by atoms with Crippen LogP contribution in [0.25, 0.3) is 0 Å². The Morgan fingerprint density at radius 3 is 2.91 bits per heavy atom. The van der Waals surface area contributed by atoms with Crippen LogP contribution in [-0.2, 0) is 0 Å². The molecule has 4 nitrogen and oxygen atoms in total. The van der Waals surface area contributed by atoms with E-state index in [4.69, 9.17) is 0 Å². The highest BCUT2D eigenvalue weighted by atomic mass is 15.6. The van der Waals surface area contributed by atoms with Crippen molar-refractivity contribution in [2.24, 2.45) is 5.10 Å². The predicted octanol–water partition coefficient (Wildman–Crippen LogP) is -0.257.